The van der Waals surface area contributed by atoms with E-state index >= 15 is 0 Å². The van der Waals surface area contributed by atoms with Crippen LogP contribution in [0.5, 0.6) is 0 Å². The van der Waals surface area contributed by atoms with Crippen LogP contribution in [0.1, 0.15) is 46.0 Å². The molecule has 2 amide bonds. The number of rotatable bonds is 5. The molecule has 4 N–H and O–H groups in total. The lowest BCUT2D eigenvalue weighted by molar-refractivity contribution is 0.212. The van der Waals surface area contributed by atoms with Crippen molar-refractivity contribution >= 4 is 6.03 Å². The average Bonchev–Trinajstić information content (AvgIpc) is 2.12. The van der Waals surface area contributed by atoms with Crippen LogP contribution in [0.25, 0.3) is 0 Å². The molecule has 0 spiro atoms. The van der Waals surface area contributed by atoms with Crippen LogP contribution < -0.4 is 16.4 Å². The molecule has 0 heterocycles. The van der Waals surface area contributed by atoms with E-state index in [2.05, 4.69) is 17.6 Å². The SMILES string of the molecule is CCC(C)(CCN)NC(=O)NC1CCC1. The molecule has 0 saturated heterocycles. The van der Waals surface area contributed by atoms with Crippen LogP contribution in [0.2, 0.25) is 0 Å². The molecule has 15 heavy (non-hydrogen) atoms. The molecule has 1 aliphatic carbocycles. The Hall–Kier alpha value is -0.770. The minimum atomic E-state index is -0.164. The number of hydrogen-bond acceptors (Lipinski definition) is 2. The van der Waals surface area contributed by atoms with E-state index in [0.29, 0.717) is 12.6 Å². The first kappa shape index (κ1) is 12.3. The number of carbonyl (C=O) groups is 1. The van der Waals surface area contributed by atoms with Crippen molar-refractivity contribution in [3.63, 3.8) is 0 Å². The highest BCUT2D eigenvalue weighted by Crippen LogP contribution is 2.18. The van der Waals surface area contributed by atoms with Crippen LogP contribution >= 0.6 is 0 Å². The van der Waals surface area contributed by atoms with Crippen molar-refractivity contribution in [2.24, 2.45) is 5.73 Å². The fourth-order valence-electron chi connectivity index (χ4n) is 1.69. The van der Waals surface area contributed by atoms with Gasteiger partial charge in [-0.3, -0.25) is 0 Å². The van der Waals surface area contributed by atoms with Crippen molar-refractivity contribution in [2.45, 2.75) is 57.5 Å². The molecule has 4 heteroatoms. The average molecular weight is 213 g/mol. The second-order valence-corrected chi connectivity index (χ2v) is 4.68. The van der Waals surface area contributed by atoms with Gasteiger partial charge in [0.2, 0.25) is 0 Å². The molecule has 0 aromatic rings. The molecule has 0 aromatic heterocycles. The molecule has 1 saturated carbocycles. The molecule has 88 valence electrons. The van der Waals surface area contributed by atoms with Gasteiger partial charge in [-0.1, -0.05) is 6.92 Å². The number of amides is 2. The zero-order valence-corrected chi connectivity index (χ0v) is 9.81. The van der Waals surface area contributed by atoms with Crippen LogP contribution in [-0.4, -0.2) is 24.2 Å². The Morgan fingerprint density at radius 1 is 1.53 bits per heavy atom. The van der Waals surface area contributed by atoms with Gasteiger partial charge in [0.25, 0.3) is 0 Å². The molecule has 4 nitrogen and oxygen atoms in total. The lowest BCUT2D eigenvalue weighted by Gasteiger charge is -2.32. The topological polar surface area (TPSA) is 67.1 Å². The van der Waals surface area contributed by atoms with Crippen molar-refractivity contribution in [1.82, 2.24) is 10.6 Å². The molecule has 0 bridgehead atoms. The number of nitrogens with two attached hydrogens (primary N) is 1. The Labute approximate surface area is 92.0 Å². The Morgan fingerprint density at radius 3 is 2.60 bits per heavy atom. The van der Waals surface area contributed by atoms with Crippen LogP contribution in [0.15, 0.2) is 0 Å². The van der Waals surface area contributed by atoms with Gasteiger partial charge in [0, 0.05) is 11.6 Å². The van der Waals surface area contributed by atoms with E-state index in [1.165, 1.54) is 6.42 Å². The maximum Gasteiger partial charge on any atom is 0.315 e. The molecular formula is C11H23N3O. The van der Waals surface area contributed by atoms with Crippen molar-refractivity contribution in [2.75, 3.05) is 6.54 Å². The number of nitrogens with one attached hydrogen (secondary N) is 2. The van der Waals surface area contributed by atoms with Crippen LogP contribution in [0, 0.1) is 0 Å². The number of urea groups is 1. The maximum absolute atomic E-state index is 11.6. The summed E-state index contributed by atoms with van der Waals surface area (Å²) >= 11 is 0. The summed E-state index contributed by atoms with van der Waals surface area (Å²) in [5.41, 5.74) is 5.37. The third-order valence-corrected chi connectivity index (χ3v) is 3.33. The van der Waals surface area contributed by atoms with Gasteiger partial charge in [-0.2, -0.15) is 0 Å². The molecule has 0 aliphatic heterocycles. The standard InChI is InChI=1S/C11H23N3O/c1-3-11(2,7-8-12)14-10(15)13-9-5-4-6-9/h9H,3-8,12H2,1-2H3,(H2,13,14,15). The molecule has 0 radical (unpaired) electrons. The first-order chi connectivity index (χ1) is 7.09. The van der Waals surface area contributed by atoms with Gasteiger partial charge in [0.15, 0.2) is 0 Å². The predicted octanol–water partition coefficient (Wildman–Crippen LogP) is 1.36. The molecule has 1 unspecified atom stereocenters. The van der Waals surface area contributed by atoms with Crippen LogP contribution in [0.4, 0.5) is 4.79 Å². The number of carbonyl (C=O) groups excluding carboxylic acids is 1. The van der Waals surface area contributed by atoms with Crippen LogP contribution in [0.3, 0.4) is 0 Å². The summed E-state index contributed by atoms with van der Waals surface area (Å²) in [5, 5.41) is 5.99. The summed E-state index contributed by atoms with van der Waals surface area (Å²) < 4.78 is 0. The second kappa shape index (κ2) is 5.35. The number of hydrogen-bond donors (Lipinski definition) is 3. The Balaban J connectivity index is 2.32. The van der Waals surface area contributed by atoms with Crippen LogP contribution in [-0.2, 0) is 0 Å². The van der Waals surface area contributed by atoms with Gasteiger partial charge in [0.05, 0.1) is 0 Å². The molecule has 1 fully saturated rings. The highest BCUT2D eigenvalue weighted by atomic mass is 16.2. The normalized spacial score (nSPS) is 20.2. The fourth-order valence-corrected chi connectivity index (χ4v) is 1.69. The Bertz CT molecular complexity index is 216. The Kier molecular flexibility index (Phi) is 4.39. The van der Waals surface area contributed by atoms with E-state index in [0.717, 1.165) is 25.7 Å². The highest BCUT2D eigenvalue weighted by molar-refractivity contribution is 5.75. The van der Waals surface area contributed by atoms with Gasteiger partial charge >= 0.3 is 6.03 Å². The van der Waals surface area contributed by atoms with Crippen molar-refractivity contribution in [3.8, 4) is 0 Å². The smallest absolute Gasteiger partial charge is 0.315 e. The van der Waals surface area contributed by atoms with Crippen molar-refractivity contribution < 1.29 is 4.79 Å². The lowest BCUT2D eigenvalue weighted by atomic mass is 9.93. The van der Waals surface area contributed by atoms with Gasteiger partial charge in [-0.25, -0.2) is 4.79 Å². The largest absolute Gasteiger partial charge is 0.335 e. The van der Waals surface area contributed by atoms with E-state index in [4.69, 9.17) is 5.73 Å². The van der Waals surface area contributed by atoms with Crippen molar-refractivity contribution in [3.05, 3.63) is 0 Å². The monoisotopic (exact) mass is 213 g/mol. The third kappa shape index (κ3) is 3.70. The first-order valence-corrected chi connectivity index (χ1v) is 5.88. The van der Waals surface area contributed by atoms with Gasteiger partial charge in [0.1, 0.15) is 0 Å². The predicted molar refractivity (Wildman–Crippen MR) is 61.7 cm³/mol. The molecule has 0 aromatic carbocycles. The molecular weight excluding hydrogens is 190 g/mol. The summed E-state index contributed by atoms with van der Waals surface area (Å²) in [6.07, 6.45) is 5.20. The van der Waals surface area contributed by atoms with E-state index in [-0.39, 0.29) is 11.6 Å². The summed E-state index contributed by atoms with van der Waals surface area (Å²) in [5.74, 6) is 0. The Morgan fingerprint density at radius 2 is 2.20 bits per heavy atom. The lowest BCUT2D eigenvalue weighted by Crippen LogP contribution is -2.54. The zero-order chi connectivity index (χ0) is 11.3. The maximum atomic E-state index is 11.6. The van der Waals surface area contributed by atoms with Gasteiger partial charge in [-0.05, 0) is 45.6 Å². The summed E-state index contributed by atoms with van der Waals surface area (Å²) in [6.45, 7) is 4.72. The summed E-state index contributed by atoms with van der Waals surface area (Å²) in [4.78, 5) is 11.6. The zero-order valence-electron chi connectivity index (χ0n) is 9.81. The molecule has 1 rings (SSSR count). The molecule has 1 atom stereocenters. The molecule has 1 aliphatic rings. The third-order valence-electron chi connectivity index (χ3n) is 3.33. The van der Waals surface area contributed by atoms with E-state index in [1.54, 1.807) is 0 Å². The fraction of sp³-hybridized carbons (Fsp3) is 0.909. The second-order valence-electron chi connectivity index (χ2n) is 4.68. The summed E-state index contributed by atoms with van der Waals surface area (Å²) in [6, 6.07) is 0.349. The van der Waals surface area contributed by atoms with Gasteiger partial charge < -0.3 is 16.4 Å². The summed E-state index contributed by atoms with van der Waals surface area (Å²) in [7, 11) is 0. The highest BCUT2D eigenvalue weighted by Gasteiger charge is 2.25. The minimum Gasteiger partial charge on any atom is -0.335 e. The first-order valence-electron chi connectivity index (χ1n) is 5.88. The quantitative estimate of drug-likeness (QED) is 0.645. The van der Waals surface area contributed by atoms with E-state index in [1.807, 2.05) is 6.92 Å². The van der Waals surface area contributed by atoms with Gasteiger partial charge in [-0.15, -0.1) is 0 Å². The minimum absolute atomic E-state index is 0.0440. The van der Waals surface area contributed by atoms with Crippen molar-refractivity contribution in [1.29, 1.82) is 0 Å². The van der Waals surface area contributed by atoms with E-state index in [9.17, 15) is 4.79 Å². The van der Waals surface area contributed by atoms with E-state index < -0.39 is 0 Å².